The lowest BCUT2D eigenvalue weighted by Crippen LogP contribution is -2.19. The molecule has 3 N–H and O–H groups in total. The molecule has 10 nitrogen and oxygen atoms in total. The van der Waals surface area contributed by atoms with Crippen molar-refractivity contribution < 1.29 is 14.8 Å². The number of nitro groups is 1. The second-order valence-corrected chi connectivity index (χ2v) is 3.50. The van der Waals surface area contributed by atoms with Crippen molar-refractivity contribution in [2.75, 3.05) is 0 Å². The molecule has 2 aromatic rings. The molecule has 10 heteroatoms. The largest absolute Gasteiger partial charge is 0.507 e. The number of benzene rings is 1. The molecular weight excluding hydrogens is 268 g/mol. The van der Waals surface area contributed by atoms with E-state index in [-0.39, 0.29) is 5.75 Å². The monoisotopic (exact) mass is 276 g/mol. The maximum absolute atomic E-state index is 11.5. The van der Waals surface area contributed by atoms with E-state index >= 15 is 0 Å². The SMILES string of the molecule is O=C(N/N=C\c1ccccc1O)c1n[nH]c([N+](=O)[O-])n1. The third-order valence-corrected chi connectivity index (χ3v) is 2.16. The predicted octanol–water partition coefficient (Wildman–Crippen LogP) is 0.182. The molecule has 0 radical (unpaired) electrons. The summed E-state index contributed by atoms with van der Waals surface area (Å²) in [6.07, 6.45) is 1.22. The summed E-state index contributed by atoms with van der Waals surface area (Å²) in [6.45, 7) is 0. The highest BCUT2D eigenvalue weighted by Crippen LogP contribution is 2.12. The van der Waals surface area contributed by atoms with Gasteiger partial charge >= 0.3 is 17.7 Å². The number of carbonyl (C=O) groups excluding carboxylic acids is 1. The Morgan fingerprint density at radius 2 is 2.25 bits per heavy atom. The number of carbonyl (C=O) groups is 1. The van der Waals surface area contributed by atoms with E-state index in [0.29, 0.717) is 5.56 Å². The number of para-hydroxylation sites is 1. The number of phenols is 1. The summed E-state index contributed by atoms with van der Waals surface area (Å²) < 4.78 is 0. The van der Waals surface area contributed by atoms with Crippen molar-refractivity contribution >= 4 is 18.1 Å². The van der Waals surface area contributed by atoms with E-state index in [4.69, 9.17) is 0 Å². The van der Waals surface area contributed by atoms with Crippen LogP contribution in [0.2, 0.25) is 0 Å². The summed E-state index contributed by atoms with van der Waals surface area (Å²) in [7, 11) is 0. The molecule has 0 atom stereocenters. The highest BCUT2D eigenvalue weighted by molar-refractivity contribution is 5.91. The van der Waals surface area contributed by atoms with Gasteiger partial charge in [-0.05, 0) is 22.0 Å². The lowest BCUT2D eigenvalue weighted by Gasteiger charge is -1.96. The van der Waals surface area contributed by atoms with Crippen molar-refractivity contribution in [2.24, 2.45) is 5.10 Å². The van der Waals surface area contributed by atoms with E-state index in [9.17, 15) is 20.0 Å². The van der Waals surface area contributed by atoms with Crippen molar-refractivity contribution in [3.63, 3.8) is 0 Å². The quantitative estimate of drug-likeness (QED) is 0.412. The van der Waals surface area contributed by atoms with Crippen LogP contribution in [-0.4, -0.2) is 37.3 Å². The molecular formula is C10H8N6O4. The average molecular weight is 276 g/mol. The van der Waals surface area contributed by atoms with E-state index in [2.05, 4.69) is 20.6 Å². The van der Waals surface area contributed by atoms with Crippen molar-refractivity contribution in [3.05, 3.63) is 45.8 Å². The number of rotatable bonds is 4. The number of hydrogen-bond donors (Lipinski definition) is 3. The molecule has 0 aliphatic carbocycles. The molecule has 1 amide bonds. The smallest absolute Gasteiger partial charge is 0.454 e. The van der Waals surface area contributed by atoms with Crippen LogP contribution >= 0.6 is 0 Å². The average Bonchev–Trinajstić information content (AvgIpc) is 2.91. The Morgan fingerprint density at radius 3 is 2.90 bits per heavy atom. The molecule has 102 valence electrons. The van der Waals surface area contributed by atoms with Gasteiger partial charge in [0.15, 0.2) is 0 Å². The standard InChI is InChI=1S/C10H8N6O4/c17-7-4-2-1-3-6(7)5-11-14-9(18)8-12-10(15-13-8)16(19)20/h1-5,17H,(H,14,18)(H,12,13,15)/b11-5-. The fourth-order valence-electron chi connectivity index (χ4n) is 1.24. The maximum atomic E-state index is 11.5. The molecule has 0 aliphatic rings. The van der Waals surface area contributed by atoms with Crippen LogP contribution in [0, 0.1) is 10.1 Å². The van der Waals surface area contributed by atoms with Gasteiger partial charge in [0.05, 0.1) is 6.21 Å². The molecule has 0 unspecified atom stereocenters. The fourth-order valence-corrected chi connectivity index (χ4v) is 1.24. The van der Waals surface area contributed by atoms with E-state index in [1.54, 1.807) is 18.2 Å². The first kappa shape index (κ1) is 13.1. The van der Waals surface area contributed by atoms with Crippen LogP contribution in [-0.2, 0) is 0 Å². The first-order chi connectivity index (χ1) is 9.58. The van der Waals surface area contributed by atoms with Gasteiger partial charge in [0.25, 0.3) is 0 Å². The van der Waals surface area contributed by atoms with Crippen LogP contribution in [0.4, 0.5) is 5.95 Å². The molecule has 1 aromatic carbocycles. The van der Waals surface area contributed by atoms with Crippen LogP contribution < -0.4 is 5.43 Å². The zero-order chi connectivity index (χ0) is 14.5. The van der Waals surface area contributed by atoms with Gasteiger partial charge in [-0.2, -0.15) is 5.10 Å². The molecule has 0 saturated heterocycles. The molecule has 0 fully saturated rings. The second kappa shape index (κ2) is 5.56. The molecule has 1 aromatic heterocycles. The Kier molecular flexibility index (Phi) is 3.65. The zero-order valence-corrected chi connectivity index (χ0v) is 9.85. The number of hydrazone groups is 1. The van der Waals surface area contributed by atoms with Crippen molar-refractivity contribution in [1.29, 1.82) is 0 Å². The van der Waals surface area contributed by atoms with Gasteiger partial charge in [0.2, 0.25) is 0 Å². The minimum absolute atomic E-state index is 0.000897. The Balaban J connectivity index is 2.01. The number of H-pyrrole nitrogens is 1. The van der Waals surface area contributed by atoms with E-state index in [1.165, 1.54) is 12.3 Å². The van der Waals surface area contributed by atoms with Gasteiger partial charge in [-0.25, -0.2) is 5.43 Å². The van der Waals surface area contributed by atoms with E-state index < -0.39 is 22.6 Å². The minimum atomic E-state index is -0.818. The lowest BCUT2D eigenvalue weighted by molar-refractivity contribution is -0.394. The van der Waals surface area contributed by atoms with Crippen molar-refractivity contribution in [1.82, 2.24) is 20.6 Å². The molecule has 2 rings (SSSR count). The first-order valence-electron chi connectivity index (χ1n) is 5.26. The van der Waals surface area contributed by atoms with Gasteiger partial charge in [0, 0.05) is 5.56 Å². The molecule has 0 saturated carbocycles. The van der Waals surface area contributed by atoms with Gasteiger partial charge < -0.3 is 15.2 Å². The zero-order valence-electron chi connectivity index (χ0n) is 9.85. The highest BCUT2D eigenvalue weighted by atomic mass is 16.6. The van der Waals surface area contributed by atoms with Crippen LogP contribution in [0.5, 0.6) is 5.75 Å². The Morgan fingerprint density at radius 1 is 1.50 bits per heavy atom. The Labute approximate surface area is 111 Å². The number of aromatic nitrogens is 3. The van der Waals surface area contributed by atoms with Gasteiger partial charge in [0.1, 0.15) is 5.75 Å². The Bertz CT molecular complexity index is 680. The summed E-state index contributed by atoms with van der Waals surface area (Å²) in [5.74, 6) is -1.87. The van der Waals surface area contributed by atoms with Crippen molar-refractivity contribution in [3.8, 4) is 5.75 Å². The van der Waals surface area contributed by atoms with E-state index in [1.807, 2.05) is 5.10 Å². The maximum Gasteiger partial charge on any atom is 0.454 e. The number of nitrogens with zero attached hydrogens (tertiary/aromatic N) is 4. The number of hydrogen-bond acceptors (Lipinski definition) is 7. The van der Waals surface area contributed by atoms with Crippen LogP contribution in [0.1, 0.15) is 16.2 Å². The second-order valence-electron chi connectivity index (χ2n) is 3.50. The topological polar surface area (TPSA) is 146 Å². The van der Waals surface area contributed by atoms with Gasteiger partial charge in [-0.3, -0.25) is 4.79 Å². The van der Waals surface area contributed by atoms with Crippen LogP contribution in [0.3, 0.4) is 0 Å². The predicted molar refractivity (Wildman–Crippen MR) is 66.2 cm³/mol. The Hall–Kier alpha value is -3.30. The fraction of sp³-hybridized carbons (Fsp3) is 0. The molecule has 0 spiro atoms. The highest BCUT2D eigenvalue weighted by Gasteiger charge is 2.20. The number of aromatic amines is 1. The summed E-state index contributed by atoms with van der Waals surface area (Å²) in [6, 6.07) is 6.37. The van der Waals surface area contributed by atoms with Crippen molar-refractivity contribution in [2.45, 2.75) is 0 Å². The summed E-state index contributed by atoms with van der Waals surface area (Å²) in [5.41, 5.74) is 2.48. The minimum Gasteiger partial charge on any atom is -0.507 e. The van der Waals surface area contributed by atoms with Crippen LogP contribution in [0.15, 0.2) is 29.4 Å². The third-order valence-electron chi connectivity index (χ3n) is 2.16. The number of aromatic hydroxyl groups is 1. The van der Waals surface area contributed by atoms with E-state index in [0.717, 1.165) is 0 Å². The van der Waals surface area contributed by atoms with Gasteiger partial charge in [-0.15, -0.1) is 5.10 Å². The summed E-state index contributed by atoms with van der Waals surface area (Å²) >= 11 is 0. The summed E-state index contributed by atoms with van der Waals surface area (Å²) in [4.78, 5) is 24.4. The number of amides is 1. The molecule has 0 bridgehead atoms. The number of phenolic OH excluding ortho intramolecular Hbond substituents is 1. The first-order valence-corrected chi connectivity index (χ1v) is 5.26. The lowest BCUT2D eigenvalue weighted by atomic mass is 10.2. The van der Waals surface area contributed by atoms with Crippen LogP contribution in [0.25, 0.3) is 0 Å². The summed E-state index contributed by atoms with van der Waals surface area (Å²) in [5, 5.41) is 28.7. The molecule has 20 heavy (non-hydrogen) atoms. The molecule has 0 aliphatic heterocycles. The normalized spacial score (nSPS) is 10.6. The van der Waals surface area contributed by atoms with Gasteiger partial charge in [-0.1, -0.05) is 17.2 Å². The number of nitrogens with one attached hydrogen (secondary N) is 2. The molecule has 1 heterocycles. The third kappa shape index (κ3) is 2.93.